The topological polar surface area (TPSA) is 32.9 Å². The van der Waals surface area contributed by atoms with Crippen LogP contribution in [0.1, 0.15) is 17.3 Å². The van der Waals surface area contributed by atoms with Crippen LogP contribution < -0.4 is 0 Å². The highest BCUT2D eigenvalue weighted by Crippen LogP contribution is 2.26. The van der Waals surface area contributed by atoms with E-state index < -0.39 is 0 Å². The van der Waals surface area contributed by atoms with Gasteiger partial charge in [-0.05, 0) is 24.6 Å². The zero-order valence-corrected chi connectivity index (χ0v) is 10.1. The molecule has 1 aromatic heterocycles. The highest BCUT2D eigenvalue weighted by atomic mass is 16.1. The van der Waals surface area contributed by atoms with Crippen LogP contribution >= 0.6 is 0 Å². The monoisotopic (exact) mass is 235 g/mol. The predicted molar refractivity (Wildman–Crippen MR) is 73.7 cm³/mol. The van der Waals surface area contributed by atoms with Crippen molar-refractivity contribution in [3.05, 3.63) is 60.2 Å². The van der Waals surface area contributed by atoms with Crippen molar-refractivity contribution in [1.82, 2.24) is 4.98 Å². The van der Waals surface area contributed by atoms with Crippen molar-refractivity contribution >= 4 is 16.7 Å². The number of aromatic nitrogens is 1. The lowest BCUT2D eigenvalue weighted by molar-refractivity contribution is 0.101. The van der Waals surface area contributed by atoms with E-state index in [1.165, 1.54) is 0 Å². The van der Waals surface area contributed by atoms with Crippen LogP contribution in [0.2, 0.25) is 0 Å². The second-order valence-corrected chi connectivity index (χ2v) is 4.37. The van der Waals surface area contributed by atoms with Crippen molar-refractivity contribution in [2.24, 2.45) is 0 Å². The fourth-order valence-electron chi connectivity index (χ4n) is 2.24. The van der Waals surface area contributed by atoms with E-state index in [1.54, 1.807) is 6.92 Å². The van der Waals surface area contributed by atoms with Gasteiger partial charge >= 0.3 is 0 Å². The predicted octanol–water partition coefficient (Wildman–Crippen LogP) is 4.04. The van der Waals surface area contributed by atoms with Gasteiger partial charge in [0.25, 0.3) is 0 Å². The SMILES string of the molecule is CC(=O)c1cccc2[nH]c(-c3ccccc3)cc12. The van der Waals surface area contributed by atoms with Crippen LogP contribution in [0.15, 0.2) is 54.6 Å². The maximum atomic E-state index is 11.6. The molecule has 0 spiro atoms. The third-order valence-electron chi connectivity index (χ3n) is 3.13. The van der Waals surface area contributed by atoms with Crippen LogP contribution in [0.4, 0.5) is 0 Å². The van der Waals surface area contributed by atoms with Crippen molar-refractivity contribution in [3.8, 4) is 11.3 Å². The molecule has 2 heteroatoms. The van der Waals surface area contributed by atoms with E-state index in [9.17, 15) is 4.79 Å². The maximum Gasteiger partial charge on any atom is 0.160 e. The fourth-order valence-corrected chi connectivity index (χ4v) is 2.24. The molecule has 0 unspecified atom stereocenters. The molecule has 2 aromatic carbocycles. The average Bonchev–Trinajstić information content (AvgIpc) is 2.83. The van der Waals surface area contributed by atoms with Gasteiger partial charge in [0.15, 0.2) is 5.78 Å². The quantitative estimate of drug-likeness (QED) is 0.668. The Morgan fingerprint density at radius 1 is 1.00 bits per heavy atom. The zero-order valence-electron chi connectivity index (χ0n) is 10.1. The van der Waals surface area contributed by atoms with Crippen molar-refractivity contribution in [2.45, 2.75) is 6.92 Å². The summed E-state index contributed by atoms with van der Waals surface area (Å²) in [7, 11) is 0. The molecule has 0 aliphatic carbocycles. The van der Waals surface area contributed by atoms with Gasteiger partial charge in [-0.15, -0.1) is 0 Å². The van der Waals surface area contributed by atoms with Crippen molar-refractivity contribution < 1.29 is 4.79 Å². The van der Waals surface area contributed by atoms with Gasteiger partial charge in [0.05, 0.1) is 0 Å². The lowest BCUT2D eigenvalue weighted by Gasteiger charge is -1.96. The number of ketones is 1. The summed E-state index contributed by atoms with van der Waals surface area (Å²) in [6.07, 6.45) is 0. The first-order chi connectivity index (χ1) is 8.75. The standard InChI is InChI=1S/C16H13NO/c1-11(18)13-8-5-9-15-14(13)10-16(17-15)12-6-3-2-4-7-12/h2-10,17H,1H3. The minimum absolute atomic E-state index is 0.0965. The molecule has 2 nitrogen and oxygen atoms in total. The van der Waals surface area contributed by atoms with E-state index >= 15 is 0 Å². The third kappa shape index (κ3) is 1.72. The van der Waals surface area contributed by atoms with E-state index in [0.717, 1.165) is 27.7 Å². The molecule has 88 valence electrons. The summed E-state index contributed by atoms with van der Waals surface area (Å²) in [6.45, 7) is 1.60. The molecule has 1 N–H and O–H groups in total. The molecule has 0 amide bonds. The van der Waals surface area contributed by atoms with Gasteiger partial charge in [-0.1, -0.05) is 42.5 Å². The van der Waals surface area contributed by atoms with Crippen molar-refractivity contribution in [2.75, 3.05) is 0 Å². The van der Waals surface area contributed by atoms with Crippen molar-refractivity contribution in [1.29, 1.82) is 0 Å². The summed E-state index contributed by atoms with van der Waals surface area (Å²) < 4.78 is 0. The summed E-state index contributed by atoms with van der Waals surface area (Å²) in [5.74, 6) is 0.0965. The third-order valence-corrected chi connectivity index (χ3v) is 3.13. The summed E-state index contributed by atoms with van der Waals surface area (Å²) in [5, 5.41) is 0.990. The van der Waals surface area contributed by atoms with Gasteiger partial charge in [0.1, 0.15) is 0 Å². The van der Waals surface area contributed by atoms with E-state index in [2.05, 4.69) is 17.1 Å². The minimum Gasteiger partial charge on any atom is -0.355 e. The van der Waals surface area contributed by atoms with Crippen LogP contribution in [-0.4, -0.2) is 10.8 Å². The van der Waals surface area contributed by atoms with Crippen LogP contribution in [0.25, 0.3) is 22.2 Å². The molecule has 0 saturated heterocycles. The number of carbonyl (C=O) groups is 1. The van der Waals surface area contributed by atoms with Crippen molar-refractivity contribution in [3.63, 3.8) is 0 Å². The molecule has 18 heavy (non-hydrogen) atoms. The lowest BCUT2D eigenvalue weighted by atomic mass is 10.1. The molecule has 0 fully saturated rings. The molecule has 1 heterocycles. The van der Waals surface area contributed by atoms with Gasteiger partial charge < -0.3 is 4.98 Å². The number of aromatic amines is 1. The molecule has 0 bridgehead atoms. The highest BCUT2D eigenvalue weighted by Gasteiger charge is 2.09. The molecule has 0 radical (unpaired) electrons. The molecule has 3 aromatic rings. The Kier molecular flexibility index (Phi) is 2.49. The number of H-pyrrole nitrogens is 1. The Bertz CT molecular complexity index is 710. The number of rotatable bonds is 2. The second kappa shape index (κ2) is 4.15. The summed E-state index contributed by atoms with van der Waals surface area (Å²) in [4.78, 5) is 14.9. The first-order valence-electron chi connectivity index (χ1n) is 5.94. The highest BCUT2D eigenvalue weighted by molar-refractivity contribution is 6.07. The molecule has 3 rings (SSSR count). The van der Waals surface area contributed by atoms with Gasteiger partial charge in [-0.2, -0.15) is 0 Å². The molecule has 0 aliphatic heterocycles. The Hall–Kier alpha value is -2.35. The van der Waals surface area contributed by atoms with E-state index in [0.29, 0.717) is 0 Å². The Labute approximate surface area is 105 Å². The maximum absolute atomic E-state index is 11.6. The van der Waals surface area contributed by atoms with Crippen LogP contribution in [0, 0.1) is 0 Å². The number of hydrogen-bond donors (Lipinski definition) is 1. The van der Waals surface area contributed by atoms with Gasteiger partial charge in [0, 0.05) is 22.2 Å². The molecular weight excluding hydrogens is 222 g/mol. The van der Waals surface area contributed by atoms with Gasteiger partial charge in [-0.3, -0.25) is 4.79 Å². The average molecular weight is 235 g/mol. The normalized spacial score (nSPS) is 10.7. The van der Waals surface area contributed by atoms with E-state index in [4.69, 9.17) is 0 Å². The van der Waals surface area contributed by atoms with Crippen LogP contribution in [0.3, 0.4) is 0 Å². The number of carbonyl (C=O) groups excluding carboxylic acids is 1. The van der Waals surface area contributed by atoms with Gasteiger partial charge in [-0.25, -0.2) is 0 Å². The number of benzene rings is 2. The molecule has 0 atom stereocenters. The number of nitrogens with one attached hydrogen (secondary N) is 1. The van der Waals surface area contributed by atoms with Gasteiger partial charge in [0.2, 0.25) is 0 Å². The largest absolute Gasteiger partial charge is 0.355 e. The first-order valence-corrected chi connectivity index (χ1v) is 5.94. The number of hydrogen-bond acceptors (Lipinski definition) is 1. The zero-order chi connectivity index (χ0) is 12.5. The smallest absolute Gasteiger partial charge is 0.160 e. The minimum atomic E-state index is 0.0965. The Morgan fingerprint density at radius 2 is 1.78 bits per heavy atom. The van der Waals surface area contributed by atoms with E-state index in [-0.39, 0.29) is 5.78 Å². The summed E-state index contributed by atoms with van der Waals surface area (Å²) in [5.41, 5.74) is 3.94. The first kappa shape index (κ1) is 10.8. The second-order valence-electron chi connectivity index (χ2n) is 4.37. The summed E-state index contributed by atoms with van der Waals surface area (Å²) in [6, 6.07) is 17.9. The Morgan fingerprint density at radius 3 is 2.50 bits per heavy atom. The Balaban J connectivity index is 2.23. The van der Waals surface area contributed by atoms with Crippen LogP contribution in [-0.2, 0) is 0 Å². The lowest BCUT2D eigenvalue weighted by Crippen LogP contribution is -1.91. The van der Waals surface area contributed by atoms with E-state index in [1.807, 2.05) is 42.5 Å². The number of fused-ring (bicyclic) bond motifs is 1. The molecular formula is C16H13NO. The molecule has 0 aliphatic rings. The summed E-state index contributed by atoms with van der Waals surface area (Å²) >= 11 is 0. The fraction of sp³-hybridized carbons (Fsp3) is 0.0625. The molecule has 0 saturated carbocycles. The number of Topliss-reactive ketones (excluding diaryl/α,β-unsaturated/α-hetero) is 1. The van der Waals surface area contributed by atoms with Crippen LogP contribution in [0.5, 0.6) is 0 Å².